The second-order valence-electron chi connectivity index (χ2n) is 3.92. The number of hydrogen-bond donors (Lipinski definition) is 1. The van der Waals surface area contributed by atoms with Crippen LogP contribution in [0.15, 0.2) is 51.4 Å². The molecule has 0 heterocycles. The Labute approximate surface area is 119 Å². The van der Waals surface area contributed by atoms with Crippen LogP contribution >= 0.6 is 31.9 Å². The molecular weight excluding hydrogens is 342 g/mol. The lowest BCUT2D eigenvalue weighted by Crippen LogP contribution is -2.00. The van der Waals surface area contributed by atoms with Crippen molar-refractivity contribution >= 4 is 37.5 Å². The topological polar surface area (TPSA) is 12.0 Å². The Morgan fingerprint density at radius 2 is 1.82 bits per heavy atom. The highest BCUT2D eigenvalue weighted by Crippen LogP contribution is 2.26. The number of rotatable bonds is 3. The largest absolute Gasteiger partial charge is 0.380 e. The van der Waals surface area contributed by atoms with Crippen LogP contribution in [0.2, 0.25) is 0 Å². The molecule has 88 valence electrons. The normalized spacial score (nSPS) is 10.3. The molecule has 2 aromatic carbocycles. The van der Waals surface area contributed by atoms with Crippen LogP contribution in [0, 0.1) is 6.92 Å². The number of aryl methyl sites for hydroxylation is 1. The molecule has 0 fully saturated rings. The molecule has 1 N–H and O–H groups in total. The molecule has 3 heteroatoms. The van der Waals surface area contributed by atoms with Gasteiger partial charge in [-0.15, -0.1) is 0 Å². The molecule has 0 atom stereocenters. The van der Waals surface area contributed by atoms with Crippen molar-refractivity contribution in [3.8, 4) is 0 Å². The van der Waals surface area contributed by atoms with Crippen molar-refractivity contribution in [1.29, 1.82) is 0 Å². The fourth-order valence-electron chi connectivity index (χ4n) is 1.63. The minimum Gasteiger partial charge on any atom is -0.380 e. The van der Waals surface area contributed by atoms with Gasteiger partial charge in [0, 0.05) is 21.2 Å². The van der Waals surface area contributed by atoms with Gasteiger partial charge in [-0.25, -0.2) is 0 Å². The first-order chi connectivity index (χ1) is 8.16. The van der Waals surface area contributed by atoms with Crippen molar-refractivity contribution in [2.45, 2.75) is 13.5 Å². The minimum absolute atomic E-state index is 0.821. The van der Waals surface area contributed by atoms with Crippen molar-refractivity contribution in [3.05, 3.63) is 62.5 Å². The first kappa shape index (κ1) is 12.7. The fourth-order valence-corrected chi connectivity index (χ4v) is 2.48. The lowest BCUT2D eigenvalue weighted by Gasteiger charge is -2.10. The predicted octanol–water partition coefficient (Wildman–Crippen LogP) is 5.13. The van der Waals surface area contributed by atoms with Gasteiger partial charge in [0.2, 0.25) is 0 Å². The second kappa shape index (κ2) is 5.69. The third-order valence-corrected chi connectivity index (χ3v) is 4.11. The Morgan fingerprint density at radius 3 is 2.59 bits per heavy atom. The van der Waals surface area contributed by atoms with Crippen molar-refractivity contribution in [2.24, 2.45) is 0 Å². The average Bonchev–Trinajstić information content (AvgIpc) is 2.31. The summed E-state index contributed by atoms with van der Waals surface area (Å²) < 4.78 is 2.25. The summed E-state index contributed by atoms with van der Waals surface area (Å²) in [5, 5.41) is 3.43. The lowest BCUT2D eigenvalue weighted by atomic mass is 10.2. The summed E-state index contributed by atoms with van der Waals surface area (Å²) in [4.78, 5) is 0. The van der Waals surface area contributed by atoms with Crippen LogP contribution in [0.25, 0.3) is 0 Å². The molecular formula is C14H13Br2N. The molecule has 0 unspecified atom stereocenters. The Balaban J connectivity index is 2.10. The van der Waals surface area contributed by atoms with Crippen molar-refractivity contribution in [1.82, 2.24) is 0 Å². The smallest absolute Gasteiger partial charge is 0.0490 e. The molecule has 0 bridgehead atoms. The van der Waals surface area contributed by atoms with E-state index in [4.69, 9.17) is 0 Å². The summed E-state index contributed by atoms with van der Waals surface area (Å²) >= 11 is 7.07. The first-order valence-corrected chi connectivity index (χ1v) is 6.99. The maximum Gasteiger partial charge on any atom is 0.0490 e. The molecule has 0 saturated heterocycles. The highest BCUT2D eigenvalue weighted by atomic mass is 79.9. The highest BCUT2D eigenvalue weighted by Gasteiger charge is 2.01. The summed E-state index contributed by atoms with van der Waals surface area (Å²) in [5.41, 5.74) is 3.63. The van der Waals surface area contributed by atoms with Gasteiger partial charge in [0.1, 0.15) is 0 Å². The molecule has 0 radical (unpaired) electrons. The Morgan fingerprint density at radius 1 is 1.06 bits per heavy atom. The van der Waals surface area contributed by atoms with E-state index in [0.29, 0.717) is 0 Å². The van der Waals surface area contributed by atoms with Crippen molar-refractivity contribution < 1.29 is 0 Å². The zero-order chi connectivity index (χ0) is 12.3. The summed E-state index contributed by atoms with van der Waals surface area (Å²) in [5.74, 6) is 0. The van der Waals surface area contributed by atoms with Crippen molar-refractivity contribution in [3.63, 3.8) is 0 Å². The van der Waals surface area contributed by atoms with Gasteiger partial charge in [-0.3, -0.25) is 0 Å². The molecule has 0 spiro atoms. The van der Waals surface area contributed by atoms with E-state index in [-0.39, 0.29) is 0 Å². The molecule has 2 rings (SSSR count). The maximum absolute atomic E-state index is 3.60. The zero-order valence-electron chi connectivity index (χ0n) is 9.50. The van der Waals surface area contributed by atoms with Crippen LogP contribution in [0.3, 0.4) is 0 Å². The number of benzene rings is 2. The van der Waals surface area contributed by atoms with Crippen LogP contribution in [-0.4, -0.2) is 0 Å². The van der Waals surface area contributed by atoms with Gasteiger partial charge >= 0.3 is 0 Å². The van der Waals surface area contributed by atoms with Gasteiger partial charge in [-0.1, -0.05) is 40.2 Å². The second-order valence-corrected chi connectivity index (χ2v) is 5.63. The van der Waals surface area contributed by atoms with Gasteiger partial charge in [0.25, 0.3) is 0 Å². The molecule has 1 nitrogen and oxygen atoms in total. The molecule has 0 amide bonds. The Hall–Kier alpha value is -0.800. The maximum atomic E-state index is 3.60. The third kappa shape index (κ3) is 3.33. The molecule has 2 aromatic rings. The Bertz CT molecular complexity index is 523. The average molecular weight is 355 g/mol. The lowest BCUT2D eigenvalue weighted by molar-refractivity contribution is 1.14. The van der Waals surface area contributed by atoms with Gasteiger partial charge in [-0.05, 0) is 52.2 Å². The van der Waals surface area contributed by atoms with E-state index >= 15 is 0 Å². The molecule has 17 heavy (non-hydrogen) atoms. The van der Waals surface area contributed by atoms with Gasteiger partial charge in [-0.2, -0.15) is 0 Å². The summed E-state index contributed by atoms with van der Waals surface area (Å²) in [6, 6.07) is 14.5. The van der Waals surface area contributed by atoms with E-state index in [9.17, 15) is 0 Å². The van der Waals surface area contributed by atoms with Gasteiger partial charge < -0.3 is 5.32 Å². The van der Waals surface area contributed by atoms with Crippen molar-refractivity contribution in [2.75, 3.05) is 5.32 Å². The number of halogens is 2. The van der Waals surface area contributed by atoms with Gasteiger partial charge in [0.15, 0.2) is 0 Å². The minimum atomic E-state index is 0.821. The van der Waals surface area contributed by atoms with E-state index in [0.717, 1.165) is 21.2 Å². The number of nitrogens with one attached hydrogen (secondary N) is 1. The molecule has 0 aliphatic heterocycles. The molecule has 0 aromatic heterocycles. The van der Waals surface area contributed by atoms with E-state index < -0.39 is 0 Å². The van der Waals surface area contributed by atoms with Crippen LogP contribution in [0.1, 0.15) is 11.1 Å². The van der Waals surface area contributed by atoms with Gasteiger partial charge in [0.05, 0.1) is 0 Å². The van der Waals surface area contributed by atoms with E-state index in [2.05, 4.69) is 74.4 Å². The SMILES string of the molecule is Cc1cccc(NCc2cccc(Br)c2)c1Br. The van der Waals surface area contributed by atoms with E-state index in [1.807, 2.05) is 12.1 Å². The fraction of sp³-hybridized carbons (Fsp3) is 0.143. The number of anilines is 1. The third-order valence-electron chi connectivity index (χ3n) is 2.56. The molecule has 0 saturated carbocycles. The molecule has 0 aliphatic rings. The highest BCUT2D eigenvalue weighted by molar-refractivity contribution is 9.11. The van der Waals surface area contributed by atoms with E-state index in [1.165, 1.54) is 11.1 Å². The summed E-state index contributed by atoms with van der Waals surface area (Å²) in [6.07, 6.45) is 0. The quantitative estimate of drug-likeness (QED) is 0.805. The summed E-state index contributed by atoms with van der Waals surface area (Å²) in [6.45, 7) is 2.91. The zero-order valence-corrected chi connectivity index (χ0v) is 12.7. The predicted molar refractivity (Wildman–Crippen MR) is 80.3 cm³/mol. The summed E-state index contributed by atoms with van der Waals surface area (Å²) in [7, 11) is 0. The van der Waals surface area contributed by atoms with Crippen LogP contribution in [-0.2, 0) is 6.54 Å². The Kier molecular flexibility index (Phi) is 4.24. The first-order valence-electron chi connectivity index (χ1n) is 5.40. The van der Waals surface area contributed by atoms with Crippen LogP contribution < -0.4 is 5.32 Å². The number of hydrogen-bond acceptors (Lipinski definition) is 1. The van der Waals surface area contributed by atoms with Crippen LogP contribution in [0.5, 0.6) is 0 Å². The molecule has 0 aliphatic carbocycles. The standard InChI is InChI=1S/C14H13Br2N/c1-10-4-2-7-13(14(10)16)17-9-11-5-3-6-12(15)8-11/h2-8,17H,9H2,1H3. The monoisotopic (exact) mass is 353 g/mol. The van der Waals surface area contributed by atoms with E-state index in [1.54, 1.807) is 0 Å². The van der Waals surface area contributed by atoms with Crippen LogP contribution in [0.4, 0.5) is 5.69 Å².